The van der Waals surface area contributed by atoms with Crippen LogP contribution in [-0.2, 0) is 11.2 Å². The second-order valence-corrected chi connectivity index (χ2v) is 7.39. The predicted octanol–water partition coefficient (Wildman–Crippen LogP) is 2.08. The molecule has 2 aliphatic rings. The minimum absolute atomic E-state index is 0.00243. The molecule has 0 aliphatic heterocycles. The fourth-order valence-electron chi connectivity index (χ4n) is 4.31. The van der Waals surface area contributed by atoms with Gasteiger partial charge in [0.05, 0.1) is 7.11 Å². The van der Waals surface area contributed by atoms with E-state index in [2.05, 4.69) is 20.8 Å². The molecule has 0 radical (unpaired) electrons. The molecule has 1 amide bonds. The van der Waals surface area contributed by atoms with Gasteiger partial charge in [-0.25, -0.2) is 4.68 Å². The highest BCUT2D eigenvalue weighted by Gasteiger charge is 2.51. The van der Waals surface area contributed by atoms with E-state index in [4.69, 9.17) is 4.74 Å². The summed E-state index contributed by atoms with van der Waals surface area (Å²) in [5, 5.41) is 15.0. The minimum Gasteiger partial charge on any atom is -0.497 e. The molecule has 4 rings (SSSR count). The molecule has 2 aliphatic carbocycles. The Balaban J connectivity index is 1.53. The van der Waals surface area contributed by atoms with Crippen LogP contribution in [0.2, 0.25) is 0 Å². The maximum absolute atomic E-state index is 13.1. The van der Waals surface area contributed by atoms with E-state index in [-0.39, 0.29) is 5.91 Å². The number of hydrogen-bond acceptors (Lipinski definition) is 5. The van der Waals surface area contributed by atoms with Gasteiger partial charge in [-0.15, -0.1) is 5.10 Å². The number of nitrogens with one attached hydrogen (secondary N) is 1. The molecule has 1 N–H and O–H groups in total. The highest BCUT2D eigenvalue weighted by Crippen LogP contribution is 2.49. The largest absolute Gasteiger partial charge is 0.497 e. The third kappa shape index (κ3) is 3.30. The van der Waals surface area contributed by atoms with Gasteiger partial charge in [-0.3, -0.25) is 4.79 Å². The van der Waals surface area contributed by atoms with Crippen molar-refractivity contribution in [2.75, 3.05) is 7.11 Å². The highest BCUT2D eigenvalue weighted by molar-refractivity contribution is 5.81. The molecule has 0 saturated heterocycles. The van der Waals surface area contributed by atoms with Gasteiger partial charge in [-0.2, -0.15) is 0 Å². The number of nitrogens with zero attached hydrogens (tertiary/aromatic N) is 4. The number of hydrogen-bond donors (Lipinski definition) is 1. The Morgan fingerprint density at radius 1 is 1.35 bits per heavy atom. The Hall–Kier alpha value is -2.44. The molecular formula is C19H25N5O2. The molecular weight excluding hydrogens is 330 g/mol. The van der Waals surface area contributed by atoms with Crippen LogP contribution in [0, 0.1) is 18.8 Å². The van der Waals surface area contributed by atoms with E-state index in [1.165, 1.54) is 25.7 Å². The van der Waals surface area contributed by atoms with Crippen LogP contribution in [0.15, 0.2) is 24.3 Å². The lowest BCUT2D eigenvalue weighted by molar-refractivity contribution is -0.125. The number of amides is 1. The monoisotopic (exact) mass is 355 g/mol. The summed E-state index contributed by atoms with van der Waals surface area (Å²) >= 11 is 0. The molecule has 26 heavy (non-hydrogen) atoms. The van der Waals surface area contributed by atoms with E-state index in [1.54, 1.807) is 11.8 Å². The molecule has 7 nitrogen and oxygen atoms in total. The van der Waals surface area contributed by atoms with Gasteiger partial charge in [0, 0.05) is 12.5 Å². The number of fused-ring (bicyclic) bond motifs is 1. The number of tetrazole rings is 1. The molecule has 2 saturated carbocycles. The van der Waals surface area contributed by atoms with E-state index in [0.717, 1.165) is 11.3 Å². The van der Waals surface area contributed by atoms with Crippen molar-refractivity contribution in [2.24, 2.45) is 11.8 Å². The van der Waals surface area contributed by atoms with Crippen molar-refractivity contribution in [2.45, 2.75) is 51.1 Å². The summed E-state index contributed by atoms with van der Waals surface area (Å²) in [7, 11) is 1.64. The molecule has 1 aromatic carbocycles. The van der Waals surface area contributed by atoms with Crippen LogP contribution in [0.1, 0.15) is 43.1 Å². The van der Waals surface area contributed by atoms with Crippen LogP contribution in [0.3, 0.4) is 0 Å². The molecule has 3 atom stereocenters. The zero-order valence-electron chi connectivity index (χ0n) is 15.3. The lowest BCUT2D eigenvalue weighted by Gasteiger charge is -2.18. The first-order valence-corrected chi connectivity index (χ1v) is 9.35. The molecule has 1 aromatic heterocycles. The number of rotatable bonds is 6. The predicted molar refractivity (Wildman–Crippen MR) is 95.7 cm³/mol. The number of methoxy groups -OCH3 is 1. The summed E-state index contributed by atoms with van der Waals surface area (Å²) in [5.74, 6) is 2.76. The second-order valence-electron chi connectivity index (χ2n) is 7.39. The number of carbonyl (C=O) groups excluding carboxylic acids is 1. The van der Waals surface area contributed by atoms with Crippen LogP contribution in [0.5, 0.6) is 5.75 Å². The molecule has 2 aromatic rings. The lowest BCUT2D eigenvalue weighted by Crippen LogP contribution is -2.37. The summed E-state index contributed by atoms with van der Waals surface area (Å²) < 4.78 is 6.93. The Labute approximate surface area is 153 Å². The second kappa shape index (κ2) is 7.05. The van der Waals surface area contributed by atoms with Crippen molar-refractivity contribution >= 4 is 5.91 Å². The van der Waals surface area contributed by atoms with Crippen LogP contribution in [0.25, 0.3) is 0 Å². The SMILES string of the molecule is COc1cccc(CC(C(=O)NC2C3CCCCC32)n2nnnc2C)c1. The molecule has 7 heteroatoms. The first-order valence-electron chi connectivity index (χ1n) is 9.35. The number of aromatic nitrogens is 4. The molecule has 1 heterocycles. The summed E-state index contributed by atoms with van der Waals surface area (Å²) in [6.45, 7) is 1.82. The summed E-state index contributed by atoms with van der Waals surface area (Å²) in [6.07, 6.45) is 5.57. The maximum atomic E-state index is 13.1. The van der Waals surface area contributed by atoms with Crippen molar-refractivity contribution in [1.29, 1.82) is 0 Å². The van der Waals surface area contributed by atoms with E-state index >= 15 is 0 Å². The Kier molecular flexibility index (Phi) is 4.61. The zero-order chi connectivity index (χ0) is 18.1. The van der Waals surface area contributed by atoms with Gasteiger partial charge < -0.3 is 10.1 Å². The molecule has 3 unspecified atom stereocenters. The van der Waals surface area contributed by atoms with Gasteiger partial charge in [-0.05, 0) is 59.7 Å². The van der Waals surface area contributed by atoms with Gasteiger partial charge >= 0.3 is 0 Å². The van der Waals surface area contributed by atoms with Gasteiger partial charge in [-0.1, -0.05) is 25.0 Å². The topological polar surface area (TPSA) is 81.9 Å². The van der Waals surface area contributed by atoms with Crippen LogP contribution in [-0.4, -0.2) is 39.3 Å². The first-order chi connectivity index (χ1) is 12.7. The van der Waals surface area contributed by atoms with Crippen LogP contribution < -0.4 is 10.1 Å². The van der Waals surface area contributed by atoms with Gasteiger partial charge in [0.15, 0.2) is 0 Å². The maximum Gasteiger partial charge on any atom is 0.245 e. The van der Waals surface area contributed by atoms with E-state index < -0.39 is 6.04 Å². The first kappa shape index (κ1) is 17.0. The Bertz CT molecular complexity index is 778. The van der Waals surface area contributed by atoms with Crippen molar-refractivity contribution in [3.8, 4) is 5.75 Å². The number of carbonyl (C=O) groups is 1. The Morgan fingerprint density at radius 2 is 2.12 bits per heavy atom. The van der Waals surface area contributed by atoms with Crippen molar-refractivity contribution < 1.29 is 9.53 Å². The van der Waals surface area contributed by atoms with E-state index in [1.807, 2.05) is 31.2 Å². The fraction of sp³-hybridized carbons (Fsp3) is 0.579. The third-order valence-electron chi connectivity index (χ3n) is 5.78. The number of aryl methyl sites for hydroxylation is 1. The van der Waals surface area contributed by atoms with Gasteiger partial charge in [0.25, 0.3) is 0 Å². The van der Waals surface area contributed by atoms with E-state index in [9.17, 15) is 4.79 Å². The van der Waals surface area contributed by atoms with Crippen LogP contribution in [0.4, 0.5) is 0 Å². The molecule has 0 bridgehead atoms. The molecule has 138 valence electrons. The Morgan fingerprint density at radius 3 is 2.77 bits per heavy atom. The quantitative estimate of drug-likeness (QED) is 0.858. The van der Waals surface area contributed by atoms with E-state index in [0.29, 0.717) is 30.1 Å². The zero-order valence-corrected chi connectivity index (χ0v) is 15.3. The lowest BCUT2D eigenvalue weighted by atomic mass is 10.0. The van der Waals surface area contributed by atoms with Gasteiger partial charge in [0.1, 0.15) is 17.6 Å². The summed E-state index contributed by atoms with van der Waals surface area (Å²) in [6, 6.07) is 7.66. The summed E-state index contributed by atoms with van der Waals surface area (Å²) in [4.78, 5) is 13.1. The molecule has 0 spiro atoms. The van der Waals surface area contributed by atoms with Gasteiger partial charge in [0.2, 0.25) is 5.91 Å². The number of ether oxygens (including phenoxy) is 1. The highest BCUT2D eigenvalue weighted by atomic mass is 16.5. The van der Waals surface area contributed by atoms with Crippen molar-refractivity contribution in [1.82, 2.24) is 25.5 Å². The number of benzene rings is 1. The molecule has 2 fully saturated rings. The van der Waals surface area contributed by atoms with Crippen LogP contribution >= 0.6 is 0 Å². The summed E-state index contributed by atoms with van der Waals surface area (Å²) in [5.41, 5.74) is 1.02. The minimum atomic E-state index is -0.459. The third-order valence-corrected chi connectivity index (χ3v) is 5.78. The van der Waals surface area contributed by atoms with Crippen molar-refractivity contribution in [3.63, 3.8) is 0 Å². The average molecular weight is 355 g/mol. The fourth-order valence-corrected chi connectivity index (χ4v) is 4.31. The van der Waals surface area contributed by atoms with Crippen molar-refractivity contribution in [3.05, 3.63) is 35.7 Å². The smallest absolute Gasteiger partial charge is 0.245 e. The standard InChI is InChI=1S/C19H25N5O2/c1-12-21-22-23-24(12)17(11-13-6-5-7-14(10-13)26-2)19(25)20-18-15-8-3-4-9-16(15)18/h5-7,10,15-18H,3-4,8-9,11H2,1-2H3,(H,20,25). The average Bonchev–Trinajstić information content (AvgIpc) is 3.18. The normalized spacial score (nSPS) is 25.2.